The Bertz CT molecular complexity index is 501. The summed E-state index contributed by atoms with van der Waals surface area (Å²) in [7, 11) is 1.43. The molecule has 1 heterocycles. The molecule has 0 spiro atoms. The van der Waals surface area contributed by atoms with Gasteiger partial charge in [-0.2, -0.15) is 5.10 Å². The van der Waals surface area contributed by atoms with Crippen molar-refractivity contribution in [3.63, 3.8) is 0 Å². The molecule has 0 saturated heterocycles. The second-order valence-corrected chi connectivity index (χ2v) is 6.53. The van der Waals surface area contributed by atoms with Crippen molar-refractivity contribution in [3.05, 3.63) is 15.9 Å². The van der Waals surface area contributed by atoms with Crippen LogP contribution in [0.2, 0.25) is 0 Å². The number of aryl methyl sites for hydroxylation is 1. The Morgan fingerprint density at radius 2 is 2.14 bits per heavy atom. The Morgan fingerprint density at radius 1 is 1.52 bits per heavy atom. The van der Waals surface area contributed by atoms with Gasteiger partial charge in [-0.05, 0) is 63.0 Å². The van der Waals surface area contributed by atoms with Crippen LogP contribution in [0, 0.1) is 13.8 Å². The Balaban J connectivity index is 2.97. The van der Waals surface area contributed by atoms with Crippen molar-refractivity contribution in [1.82, 2.24) is 15.1 Å². The van der Waals surface area contributed by atoms with Gasteiger partial charge in [0.1, 0.15) is 5.54 Å². The van der Waals surface area contributed by atoms with Crippen LogP contribution >= 0.6 is 15.9 Å². The summed E-state index contributed by atoms with van der Waals surface area (Å²) in [6.07, 6.45) is 1.58. The van der Waals surface area contributed by atoms with E-state index in [0.717, 1.165) is 28.8 Å². The van der Waals surface area contributed by atoms with Gasteiger partial charge in [0.05, 0.1) is 29.0 Å². The quantitative estimate of drug-likeness (QED) is 0.759. The Kier molecular flexibility index (Phi) is 6.41. The fourth-order valence-corrected chi connectivity index (χ4v) is 2.86. The second kappa shape index (κ2) is 7.40. The van der Waals surface area contributed by atoms with Gasteiger partial charge in [-0.1, -0.05) is 6.92 Å². The number of esters is 1. The number of ether oxygens (including phenoxy) is 1. The number of halogens is 1. The summed E-state index contributed by atoms with van der Waals surface area (Å²) in [6.45, 7) is 10.8. The number of aromatic nitrogens is 2. The van der Waals surface area contributed by atoms with E-state index >= 15 is 0 Å². The summed E-state index contributed by atoms with van der Waals surface area (Å²) >= 11 is 3.54. The molecule has 0 aromatic carbocycles. The minimum Gasteiger partial charge on any atom is -0.468 e. The predicted molar refractivity (Wildman–Crippen MR) is 87.4 cm³/mol. The Hall–Kier alpha value is -0.880. The van der Waals surface area contributed by atoms with Gasteiger partial charge in [-0.25, -0.2) is 0 Å². The van der Waals surface area contributed by atoms with Gasteiger partial charge in [0.15, 0.2) is 0 Å². The highest BCUT2D eigenvalue weighted by Crippen LogP contribution is 2.27. The monoisotopic (exact) mass is 359 g/mol. The third-order valence-corrected chi connectivity index (χ3v) is 4.91. The molecule has 120 valence electrons. The summed E-state index contributed by atoms with van der Waals surface area (Å²) in [6, 6.07) is 0.0865. The van der Waals surface area contributed by atoms with Gasteiger partial charge in [-0.3, -0.25) is 9.48 Å². The standard InChI is InChI=1S/C15H26BrN3O2/c1-7-8-17-15(5,14(20)21-6)9-10(2)19-12(4)13(16)11(3)18-19/h10,17H,7-9H2,1-6H3. The Morgan fingerprint density at radius 3 is 2.57 bits per heavy atom. The molecule has 0 radical (unpaired) electrons. The number of nitrogens with one attached hydrogen (secondary N) is 1. The van der Waals surface area contributed by atoms with Crippen molar-refractivity contribution in [1.29, 1.82) is 0 Å². The van der Waals surface area contributed by atoms with E-state index in [9.17, 15) is 4.79 Å². The van der Waals surface area contributed by atoms with Crippen molar-refractivity contribution in [2.24, 2.45) is 0 Å². The maximum Gasteiger partial charge on any atom is 0.325 e. The maximum absolute atomic E-state index is 12.1. The van der Waals surface area contributed by atoms with E-state index in [0.29, 0.717) is 6.42 Å². The normalized spacial score (nSPS) is 15.6. The van der Waals surface area contributed by atoms with E-state index in [2.05, 4.69) is 40.2 Å². The van der Waals surface area contributed by atoms with Crippen LogP contribution < -0.4 is 5.32 Å². The molecule has 0 aliphatic heterocycles. The van der Waals surface area contributed by atoms with Crippen molar-refractivity contribution >= 4 is 21.9 Å². The average Bonchev–Trinajstić information content (AvgIpc) is 2.71. The highest BCUT2D eigenvalue weighted by atomic mass is 79.9. The van der Waals surface area contributed by atoms with E-state index in [4.69, 9.17) is 4.74 Å². The number of rotatable bonds is 7. The number of nitrogens with zero attached hydrogens (tertiary/aromatic N) is 2. The van der Waals surface area contributed by atoms with Crippen LogP contribution in [0.3, 0.4) is 0 Å². The molecule has 0 aliphatic rings. The minimum atomic E-state index is -0.705. The summed E-state index contributed by atoms with van der Waals surface area (Å²) in [5.41, 5.74) is 1.33. The molecule has 1 N–H and O–H groups in total. The molecule has 1 rings (SSSR count). The second-order valence-electron chi connectivity index (χ2n) is 5.73. The summed E-state index contributed by atoms with van der Waals surface area (Å²) in [4.78, 5) is 12.1. The van der Waals surface area contributed by atoms with E-state index in [-0.39, 0.29) is 12.0 Å². The van der Waals surface area contributed by atoms with Gasteiger partial charge >= 0.3 is 5.97 Å². The SMILES string of the molecule is CCCNC(C)(CC(C)n1nc(C)c(Br)c1C)C(=O)OC. The first-order chi connectivity index (χ1) is 9.76. The molecule has 2 atom stereocenters. The molecule has 0 amide bonds. The van der Waals surface area contributed by atoms with Crippen LogP contribution in [-0.4, -0.2) is 34.9 Å². The van der Waals surface area contributed by atoms with E-state index in [1.165, 1.54) is 7.11 Å². The fraction of sp³-hybridized carbons (Fsp3) is 0.733. The van der Waals surface area contributed by atoms with Gasteiger partial charge in [0.2, 0.25) is 0 Å². The predicted octanol–water partition coefficient (Wildman–Crippen LogP) is 3.14. The third kappa shape index (κ3) is 4.07. The molecule has 0 aliphatic carbocycles. The molecule has 5 nitrogen and oxygen atoms in total. The highest BCUT2D eigenvalue weighted by molar-refractivity contribution is 9.10. The number of methoxy groups -OCH3 is 1. The molecule has 0 saturated carbocycles. The molecule has 1 aromatic rings. The van der Waals surface area contributed by atoms with Crippen LogP contribution in [-0.2, 0) is 9.53 Å². The highest BCUT2D eigenvalue weighted by Gasteiger charge is 2.36. The van der Waals surface area contributed by atoms with Crippen LogP contribution in [0.15, 0.2) is 4.47 Å². The molecule has 1 aromatic heterocycles. The molecule has 0 bridgehead atoms. The lowest BCUT2D eigenvalue weighted by Gasteiger charge is -2.31. The molecular formula is C15H26BrN3O2. The molecule has 0 fully saturated rings. The van der Waals surface area contributed by atoms with E-state index in [1.54, 1.807) is 0 Å². The maximum atomic E-state index is 12.1. The number of hydrogen-bond acceptors (Lipinski definition) is 4. The number of hydrogen-bond donors (Lipinski definition) is 1. The van der Waals surface area contributed by atoms with Crippen LogP contribution in [0.25, 0.3) is 0 Å². The largest absolute Gasteiger partial charge is 0.468 e. The van der Waals surface area contributed by atoms with Crippen LogP contribution in [0.4, 0.5) is 0 Å². The van der Waals surface area contributed by atoms with E-state index < -0.39 is 5.54 Å². The first kappa shape index (κ1) is 18.2. The molecular weight excluding hydrogens is 334 g/mol. The summed E-state index contributed by atoms with van der Waals surface area (Å²) in [5, 5.41) is 7.86. The lowest BCUT2D eigenvalue weighted by molar-refractivity contribution is -0.148. The van der Waals surface area contributed by atoms with Gasteiger partial charge in [0, 0.05) is 0 Å². The lowest BCUT2D eigenvalue weighted by Crippen LogP contribution is -2.51. The molecule has 21 heavy (non-hydrogen) atoms. The minimum absolute atomic E-state index is 0.0865. The van der Waals surface area contributed by atoms with Crippen LogP contribution in [0.1, 0.15) is 51.0 Å². The van der Waals surface area contributed by atoms with Crippen LogP contribution in [0.5, 0.6) is 0 Å². The van der Waals surface area contributed by atoms with Crippen molar-refractivity contribution in [2.45, 2.75) is 59.0 Å². The van der Waals surface area contributed by atoms with Crippen molar-refractivity contribution in [2.75, 3.05) is 13.7 Å². The zero-order valence-electron chi connectivity index (χ0n) is 13.8. The summed E-state index contributed by atoms with van der Waals surface area (Å²) in [5.74, 6) is -0.233. The summed E-state index contributed by atoms with van der Waals surface area (Å²) < 4.78 is 7.96. The fourth-order valence-electron chi connectivity index (χ4n) is 2.60. The molecule has 6 heteroatoms. The van der Waals surface area contributed by atoms with Crippen molar-refractivity contribution in [3.8, 4) is 0 Å². The lowest BCUT2D eigenvalue weighted by atomic mass is 9.93. The average molecular weight is 360 g/mol. The zero-order chi connectivity index (χ0) is 16.2. The molecule has 2 unspecified atom stereocenters. The zero-order valence-corrected chi connectivity index (χ0v) is 15.4. The number of carbonyl (C=O) groups excluding carboxylic acids is 1. The third-order valence-electron chi connectivity index (χ3n) is 3.76. The van der Waals surface area contributed by atoms with Gasteiger partial charge < -0.3 is 10.1 Å². The Labute approximate surface area is 135 Å². The first-order valence-electron chi connectivity index (χ1n) is 7.31. The number of carbonyl (C=O) groups is 1. The van der Waals surface area contributed by atoms with E-state index in [1.807, 2.05) is 25.5 Å². The first-order valence-corrected chi connectivity index (χ1v) is 8.10. The topological polar surface area (TPSA) is 56.2 Å². The smallest absolute Gasteiger partial charge is 0.325 e. The van der Waals surface area contributed by atoms with Gasteiger partial charge in [-0.15, -0.1) is 0 Å². The van der Waals surface area contributed by atoms with Crippen molar-refractivity contribution < 1.29 is 9.53 Å². The van der Waals surface area contributed by atoms with Gasteiger partial charge in [0.25, 0.3) is 0 Å².